The van der Waals surface area contributed by atoms with E-state index in [0.29, 0.717) is 22.9 Å². The zero-order chi connectivity index (χ0) is 19.4. The second-order valence-corrected chi connectivity index (χ2v) is 5.79. The average Bonchev–Trinajstić information content (AvgIpc) is 2.91. The van der Waals surface area contributed by atoms with Gasteiger partial charge in [0.15, 0.2) is 0 Å². The molecule has 27 heavy (non-hydrogen) atoms. The number of carbonyl (C=O) groups is 1. The Bertz CT molecular complexity index is 967. The molecule has 2 aromatic heterocycles. The Kier molecular flexibility index (Phi) is 5.11. The van der Waals surface area contributed by atoms with Gasteiger partial charge in [0.25, 0.3) is 0 Å². The number of aryl methyl sites for hydroxylation is 1. The first-order valence-electron chi connectivity index (χ1n) is 8.10. The molecule has 9 nitrogen and oxygen atoms in total. The highest BCUT2D eigenvalue weighted by Gasteiger charge is 2.22. The van der Waals surface area contributed by atoms with Gasteiger partial charge in [-0.25, -0.2) is 0 Å². The Hall–Kier alpha value is -3.75. The van der Waals surface area contributed by atoms with Crippen molar-refractivity contribution in [1.29, 1.82) is 0 Å². The Morgan fingerprint density at radius 2 is 1.78 bits per heavy atom. The quantitative estimate of drug-likeness (QED) is 0.529. The van der Waals surface area contributed by atoms with Crippen molar-refractivity contribution in [3.05, 3.63) is 70.3 Å². The van der Waals surface area contributed by atoms with E-state index in [9.17, 15) is 14.9 Å². The molecular formula is C18H17N5O4. The summed E-state index contributed by atoms with van der Waals surface area (Å²) in [7, 11) is 0. The van der Waals surface area contributed by atoms with E-state index in [1.807, 2.05) is 0 Å². The lowest BCUT2D eigenvalue weighted by Crippen LogP contribution is -2.20. The van der Waals surface area contributed by atoms with Gasteiger partial charge in [-0.05, 0) is 50.2 Å². The molecule has 0 atom stereocenters. The minimum atomic E-state index is -0.492. The standard InChI is InChI=1S/C18H17N5O4/c1-12-18(23(25)26)13(2)22(21-12)11-17(24)20-14-3-5-15(6-4-14)27-16-7-9-19-10-8-16/h3-10H,11H2,1-2H3,(H,20,24). The van der Waals surface area contributed by atoms with Crippen LogP contribution >= 0.6 is 0 Å². The number of rotatable bonds is 6. The van der Waals surface area contributed by atoms with Crippen molar-refractivity contribution in [2.75, 3.05) is 5.32 Å². The molecule has 9 heteroatoms. The summed E-state index contributed by atoms with van der Waals surface area (Å²) in [5.74, 6) is 0.944. The summed E-state index contributed by atoms with van der Waals surface area (Å²) in [5, 5.41) is 17.8. The van der Waals surface area contributed by atoms with Crippen LogP contribution in [-0.4, -0.2) is 25.6 Å². The molecule has 2 heterocycles. The van der Waals surface area contributed by atoms with Crippen molar-refractivity contribution in [3.8, 4) is 11.5 Å². The second kappa shape index (κ2) is 7.65. The van der Waals surface area contributed by atoms with Gasteiger partial charge < -0.3 is 10.1 Å². The van der Waals surface area contributed by atoms with E-state index >= 15 is 0 Å². The Morgan fingerprint density at radius 3 is 2.37 bits per heavy atom. The van der Waals surface area contributed by atoms with Crippen LogP contribution in [0.2, 0.25) is 0 Å². The molecule has 0 saturated heterocycles. The highest BCUT2D eigenvalue weighted by Crippen LogP contribution is 2.23. The number of anilines is 1. The number of carbonyl (C=O) groups excluding carboxylic acids is 1. The summed E-state index contributed by atoms with van der Waals surface area (Å²) in [6.45, 7) is 2.99. The van der Waals surface area contributed by atoms with Gasteiger partial charge in [-0.2, -0.15) is 5.10 Å². The molecule has 1 N–H and O–H groups in total. The molecule has 3 aromatic rings. The molecule has 0 bridgehead atoms. The van der Waals surface area contributed by atoms with Crippen molar-refractivity contribution in [2.24, 2.45) is 0 Å². The van der Waals surface area contributed by atoms with E-state index in [2.05, 4.69) is 15.4 Å². The van der Waals surface area contributed by atoms with Crippen molar-refractivity contribution < 1.29 is 14.5 Å². The van der Waals surface area contributed by atoms with Crippen LogP contribution in [0.5, 0.6) is 11.5 Å². The lowest BCUT2D eigenvalue weighted by Gasteiger charge is -2.08. The van der Waals surface area contributed by atoms with E-state index in [-0.39, 0.29) is 23.8 Å². The smallest absolute Gasteiger partial charge is 0.312 e. The zero-order valence-corrected chi connectivity index (χ0v) is 14.7. The summed E-state index contributed by atoms with van der Waals surface area (Å²) in [5.41, 5.74) is 1.13. The predicted octanol–water partition coefficient (Wildman–Crippen LogP) is 3.23. The molecule has 0 radical (unpaired) electrons. The lowest BCUT2D eigenvalue weighted by molar-refractivity contribution is -0.386. The number of nitrogens with one attached hydrogen (secondary N) is 1. The molecule has 0 spiro atoms. The first-order chi connectivity index (χ1) is 12.9. The van der Waals surface area contributed by atoms with Crippen LogP contribution in [0.25, 0.3) is 0 Å². The molecule has 0 saturated carbocycles. The van der Waals surface area contributed by atoms with Crippen molar-refractivity contribution >= 4 is 17.3 Å². The topological polar surface area (TPSA) is 112 Å². The molecule has 3 rings (SSSR count). The molecule has 0 aliphatic heterocycles. The van der Waals surface area contributed by atoms with Crippen molar-refractivity contribution in [1.82, 2.24) is 14.8 Å². The van der Waals surface area contributed by atoms with Gasteiger partial charge in [0, 0.05) is 18.1 Å². The number of nitrogens with zero attached hydrogens (tertiary/aromatic N) is 4. The van der Waals surface area contributed by atoms with Gasteiger partial charge in [0.2, 0.25) is 5.91 Å². The zero-order valence-electron chi connectivity index (χ0n) is 14.7. The number of aromatic nitrogens is 3. The molecule has 1 aromatic carbocycles. The van der Waals surface area contributed by atoms with E-state index < -0.39 is 4.92 Å². The van der Waals surface area contributed by atoms with Crippen LogP contribution in [0.1, 0.15) is 11.4 Å². The van der Waals surface area contributed by atoms with Crippen molar-refractivity contribution in [3.63, 3.8) is 0 Å². The third-order valence-electron chi connectivity index (χ3n) is 3.84. The number of nitro groups is 1. The third kappa shape index (κ3) is 4.27. The Balaban J connectivity index is 1.63. The second-order valence-electron chi connectivity index (χ2n) is 5.79. The summed E-state index contributed by atoms with van der Waals surface area (Å²) in [4.78, 5) is 26.7. The third-order valence-corrected chi connectivity index (χ3v) is 3.84. The van der Waals surface area contributed by atoms with Gasteiger partial charge in [-0.3, -0.25) is 24.6 Å². The Labute approximate surface area is 154 Å². The van der Waals surface area contributed by atoms with Gasteiger partial charge in [-0.15, -0.1) is 0 Å². The minimum absolute atomic E-state index is 0.0691. The molecule has 0 aliphatic carbocycles. The number of pyridine rings is 1. The van der Waals surface area contributed by atoms with E-state index in [4.69, 9.17) is 4.74 Å². The molecule has 0 aliphatic rings. The fourth-order valence-corrected chi connectivity index (χ4v) is 2.59. The highest BCUT2D eigenvalue weighted by molar-refractivity contribution is 5.90. The van der Waals surface area contributed by atoms with Crippen LogP contribution in [0.4, 0.5) is 11.4 Å². The molecule has 0 unspecified atom stereocenters. The van der Waals surface area contributed by atoms with E-state index in [1.165, 1.54) is 4.68 Å². The van der Waals surface area contributed by atoms with Crippen molar-refractivity contribution in [2.45, 2.75) is 20.4 Å². The van der Waals surface area contributed by atoms with E-state index in [0.717, 1.165) is 0 Å². The molecule has 138 valence electrons. The number of ether oxygens (including phenoxy) is 1. The summed E-state index contributed by atoms with van der Waals surface area (Å²) < 4.78 is 6.98. The average molecular weight is 367 g/mol. The number of hydrogen-bond acceptors (Lipinski definition) is 6. The van der Waals surface area contributed by atoms with Crippen LogP contribution in [0.15, 0.2) is 48.8 Å². The largest absolute Gasteiger partial charge is 0.457 e. The maximum Gasteiger partial charge on any atom is 0.312 e. The molecule has 0 fully saturated rings. The predicted molar refractivity (Wildman–Crippen MR) is 97.7 cm³/mol. The monoisotopic (exact) mass is 367 g/mol. The normalized spacial score (nSPS) is 10.4. The van der Waals surface area contributed by atoms with Gasteiger partial charge in [-0.1, -0.05) is 0 Å². The highest BCUT2D eigenvalue weighted by atomic mass is 16.6. The first-order valence-corrected chi connectivity index (χ1v) is 8.10. The summed E-state index contributed by atoms with van der Waals surface area (Å²) in [6, 6.07) is 10.3. The van der Waals surface area contributed by atoms with E-state index in [1.54, 1.807) is 62.6 Å². The maximum atomic E-state index is 12.2. The molecule has 1 amide bonds. The van der Waals surface area contributed by atoms with Crippen LogP contribution in [0, 0.1) is 24.0 Å². The SMILES string of the molecule is Cc1nn(CC(=O)Nc2ccc(Oc3ccncc3)cc2)c(C)c1[N+](=O)[O-]. The van der Waals surface area contributed by atoms with Crippen LogP contribution in [0.3, 0.4) is 0 Å². The first kappa shape index (κ1) is 18.1. The lowest BCUT2D eigenvalue weighted by atomic mass is 10.3. The van der Waals surface area contributed by atoms with Gasteiger partial charge in [0.05, 0.1) is 4.92 Å². The van der Waals surface area contributed by atoms with Gasteiger partial charge in [0.1, 0.15) is 29.4 Å². The minimum Gasteiger partial charge on any atom is -0.457 e. The summed E-state index contributed by atoms with van der Waals surface area (Å²) in [6.07, 6.45) is 3.26. The number of amides is 1. The fraction of sp³-hybridized carbons (Fsp3) is 0.167. The van der Waals surface area contributed by atoms with Crippen LogP contribution in [-0.2, 0) is 11.3 Å². The number of hydrogen-bond donors (Lipinski definition) is 1. The Morgan fingerprint density at radius 1 is 1.15 bits per heavy atom. The number of benzene rings is 1. The summed E-state index contributed by atoms with van der Waals surface area (Å²) >= 11 is 0. The van der Waals surface area contributed by atoms with Gasteiger partial charge >= 0.3 is 5.69 Å². The fourth-order valence-electron chi connectivity index (χ4n) is 2.59. The van der Waals surface area contributed by atoms with Crippen LogP contribution < -0.4 is 10.1 Å². The maximum absolute atomic E-state index is 12.2. The molecular weight excluding hydrogens is 350 g/mol.